The molecule has 0 aliphatic carbocycles. The van der Waals surface area contributed by atoms with E-state index in [1.165, 1.54) is 12.8 Å². The molecular weight excluding hydrogens is 228 g/mol. The van der Waals surface area contributed by atoms with Gasteiger partial charge in [-0.15, -0.1) is 0 Å². The molecule has 1 aliphatic rings. The van der Waals surface area contributed by atoms with Crippen molar-refractivity contribution in [1.29, 1.82) is 0 Å². The van der Waals surface area contributed by atoms with Crippen LogP contribution in [-0.4, -0.2) is 29.2 Å². The normalized spacial score (nSPS) is 19.7. The fraction of sp³-hybridized carbons (Fsp3) is 0.692. The van der Waals surface area contributed by atoms with E-state index >= 15 is 0 Å². The molecular formula is C13H22N4O. The van der Waals surface area contributed by atoms with Crippen LogP contribution < -0.4 is 16.2 Å². The van der Waals surface area contributed by atoms with Gasteiger partial charge in [-0.25, -0.2) is 4.98 Å². The summed E-state index contributed by atoms with van der Waals surface area (Å²) >= 11 is 0. The number of piperidine rings is 1. The molecule has 0 saturated carbocycles. The topological polar surface area (TPSA) is 59.0 Å². The summed E-state index contributed by atoms with van der Waals surface area (Å²) in [6.45, 7) is 5.78. The van der Waals surface area contributed by atoms with Gasteiger partial charge in [0.25, 0.3) is 5.56 Å². The lowest BCUT2D eigenvalue weighted by atomic mass is 10.00. The van der Waals surface area contributed by atoms with Gasteiger partial charge >= 0.3 is 0 Å². The number of rotatable bonds is 5. The zero-order valence-electron chi connectivity index (χ0n) is 11.0. The minimum atomic E-state index is -0.0110. The average Bonchev–Trinajstić information content (AvgIpc) is 2.41. The molecule has 2 N–H and O–H groups in total. The fourth-order valence-corrected chi connectivity index (χ4v) is 2.32. The summed E-state index contributed by atoms with van der Waals surface area (Å²) in [7, 11) is 0. The van der Waals surface area contributed by atoms with E-state index in [4.69, 9.17) is 0 Å². The van der Waals surface area contributed by atoms with Gasteiger partial charge in [0.05, 0.1) is 0 Å². The Morgan fingerprint density at radius 1 is 1.61 bits per heavy atom. The van der Waals surface area contributed by atoms with E-state index in [0.29, 0.717) is 11.7 Å². The van der Waals surface area contributed by atoms with E-state index in [-0.39, 0.29) is 5.56 Å². The molecule has 100 valence electrons. The van der Waals surface area contributed by atoms with Crippen LogP contribution in [0.4, 0.5) is 5.82 Å². The van der Waals surface area contributed by atoms with E-state index in [0.717, 1.165) is 32.6 Å². The molecule has 2 rings (SSSR count). The van der Waals surface area contributed by atoms with Gasteiger partial charge in [0, 0.05) is 25.5 Å². The van der Waals surface area contributed by atoms with Crippen molar-refractivity contribution >= 4 is 5.82 Å². The van der Waals surface area contributed by atoms with Crippen molar-refractivity contribution in [3.63, 3.8) is 0 Å². The second kappa shape index (κ2) is 6.54. The van der Waals surface area contributed by atoms with Crippen LogP contribution in [0, 0.1) is 5.92 Å². The van der Waals surface area contributed by atoms with Gasteiger partial charge in [-0.05, 0) is 38.3 Å². The smallest absolute Gasteiger partial charge is 0.293 e. The molecule has 5 nitrogen and oxygen atoms in total. The first kappa shape index (κ1) is 13.1. The average molecular weight is 250 g/mol. The zero-order valence-corrected chi connectivity index (χ0v) is 11.0. The fourth-order valence-electron chi connectivity index (χ4n) is 2.32. The van der Waals surface area contributed by atoms with Crippen molar-refractivity contribution in [2.45, 2.75) is 32.7 Å². The van der Waals surface area contributed by atoms with E-state index in [2.05, 4.69) is 22.5 Å². The lowest BCUT2D eigenvalue weighted by molar-refractivity contribution is 0.392. The molecule has 1 aliphatic heterocycles. The van der Waals surface area contributed by atoms with E-state index < -0.39 is 0 Å². The predicted molar refractivity (Wildman–Crippen MR) is 72.9 cm³/mol. The first-order chi connectivity index (χ1) is 8.81. The lowest BCUT2D eigenvalue weighted by Crippen LogP contribution is -2.35. The minimum Gasteiger partial charge on any atom is -0.365 e. The Morgan fingerprint density at radius 3 is 3.22 bits per heavy atom. The van der Waals surface area contributed by atoms with Gasteiger partial charge in [-0.2, -0.15) is 0 Å². The van der Waals surface area contributed by atoms with Crippen LogP contribution in [-0.2, 0) is 6.54 Å². The Balaban J connectivity index is 1.96. The number of nitrogens with one attached hydrogen (secondary N) is 2. The monoisotopic (exact) mass is 250 g/mol. The van der Waals surface area contributed by atoms with Gasteiger partial charge in [0.1, 0.15) is 0 Å². The Morgan fingerprint density at radius 2 is 2.50 bits per heavy atom. The number of anilines is 1. The largest absolute Gasteiger partial charge is 0.365 e. The Labute approximate surface area is 108 Å². The van der Waals surface area contributed by atoms with E-state index in [1.807, 2.05) is 0 Å². The molecule has 18 heavy (non-hydrogen) atoms. The summed E-state index contributed by atoms with van der Waals surface area (Å²) in [5.74, 6) is 1.08. The van der Waals surface area contributed by atoms with E-state index in [9.17, 15) is 4.79 Å². The van der Waals surface area contributed by atoms with Crippen LogP contribution in [0.1, 0.15) is 26.2 Å². The molecule has 0 amide bonds. The van der Waals surface area contributed by atoms with Crippen LogP contribution in [0.25, 0.3) is 0 Å². The third-order valence-corrected chi connectivity index (χ3v) is 3.34. The second-order valence-electron chi connectivity index (χ2n) is 4.87. The molecule has 0 spiro atoms. The Hall–Kier alpha value is -1.36. The summed E-state index contributed by atoms with van der Waals surface area (Å²) in [5, 5.41) is 6.57. The van der Waals surface area contributed by atoms with Gasteiger partial charge in [0.15, 0.2) is 5.82 Å². The van der Waals surface area contributed by atoms with Gasteiger partial charge in [-0.3, -0.25) is 4.79 Å². The van der Waals surface area contributed by atoms with Crippen LogP contribution in [0.5, 0.6) is 0 Å². The minimum absolute atomic E-state index is 0.0110. The number of hydrogen-bond acceptors (Lipinski definition) is 4. The van der Waals surface area contributed by atoms with Crippen LogP contribution in [0.2, 0.25) is 0 Å². The van der Waals surface area contributed by atoms with Crippen molar-refractivity contribution in [2.24, 2.45) is 5.92 Å². The maximum atomic E-state index is 12.1. The molecule has 1 unspecified atom stereocenters. The highest BCUT2D eigenvalue weighted by Gasteiger charge is 2.13. The highest BCUT2D eigenvalue weighted by Crippen LogP contribution is 2.09. The SMILES string of the molecule is CCCn1ccnc(NCC2CCCNC2)c1=O. The maximum Gasteiger partial charge on any atom is 0.293 e. The number of hydrogen-bond donors (Lipinski definition) is 2. The molecule has 1 saturated heterocycles. The summed E-state index contributed by atoms with van der Waals surface area (Å²) in [6.07, 6.45) is 6.83. The van der Waals surface area contributed by atoms with E-state index in [1.54, 1.807) is 17.0 Å². The number of aryl methyl sites for hydroxylation is 1. The highest BCUT2D eigenvalue weighted by molar-refractivity contribution is 5.30. The van der Waals surface area contributed by atoms with Crippen molar-refractivity contribution in [1.82, 2.24) is 14.9 Å². The lowest BCUT2D eigenvalue weighted by Gasteiger charge is -2.23. The third kappa shape index (κ3) is 3.32. The van der Waals surface area contributed by atoms with Crippen molar-refractivity contribution in [3.05, 3.63) is 22.7 Å². The third-order valence-electron chi connectivity index (χ3n) is 3.34. The van der Waals surface area contributed by atoms with Gasteiger partial charge < -0.3 is 15.2 Å². The summed E-state index contributed by atoms with van der Waals surface area (Å²) in [4.78, 5) is 16.2. The van der Waals surface area contributed by atoms with Gasteiger partial charge in [0.2, 0.25) is 0 Å². The molecule has 1 aromatic rings. The summed E-state index contributed by atoms with van der Waals surface area (Å²) < 4.78 is 1.72. The molecule has 1 aromatic heterocycles. The molecule has 0 radical (unpaired) electrons. The first-order valence-electron chi connectivity index (χ1n) is 6.81. The van der Waals surface area contributed by atoms with Crippen molar-refractivity contribution in [3.8, 4) is 0 Å². The standard InChI is InChI=1S/C13H22N4O/c1-2-7-17-8-6-15-12(13(17)18)16-10-11-4-3-5-14-9-11/h6,8,11,14H,2-5,7,9-10H2,1H3,(H,15,16). The molecule has 5 heteroatoms. The molecule has 0 aromatic carbocycles. The first-order valence-corrected chi connectivity index (χ1v) is 6.81. The quantitative estimate of drug-likeness (QED) is 0.820. The zero-order chi connectivity index (χ0) is 12.8. The molecule has 2 heterocycles. The second-order valence-corrected chi connectivity index (χ2v) is 4.87. The van der Waals surface area contributed by atoms with Gasteiger partial charge in [-0.1, -0.05) is 6.92 Å². The maximum absolute atomic E-state index is 12.1. The number of nitrogens with zero attached hydrogens (tertiary/aromatic N) is 2. The Bertz CT molecular complexity index is 423. The summed E-state index contributed by atoms with van der Waals surface area (Å²) in [5.41, 5.74) is -0.0110. The van der Waals surface area contributed by atoms with Crippen molar-refractivity contribution < 1.29 is 0 Å². The summed E-state index contributed by atoms with van der Waals surface area (Å²) in [6, 6.07) is 0. The molecule has 0 bridgehead atoms. The highest BCUT2D eigenvalue weighted by atomic mass is 16.1. The molecule has 1 atom stereocenters. The van der Waals surface area contributed by atoms with Crippen LogP contribution >= 0.6 is 0 Å². The van der Waals surface area contributed by atoms with Crippen LogP contribution in [0.15, 0.2) is 17.2 Å². The number of aromatic nitrogens is 2. The predicted octanol–water partition coefficient (Wildman–Crippen LogP) is 1.06. The van der Waals surface area contributed by atoms with Crippen LogP contribution in [0.3, 0.4) is 0 Å². The Kier molecular flexibility index (Phi) is 4.75. The molecule has 1 fully saturated rings. The van der Waals surface area contributed by atoms with Crippen molar-refractivity contribution in [2.75, 3.05) is 25.0 Å².